The lowest BCUT2D eigenvalue weighted by atomic mass is 10.0. The second kappa shape index (κ2) is 9.59. The van der Waals surface area contributed by atoms with Gasteiger partial charge < -0.3 is 5.32 Å². The molecule has 0 spiro atoms. The lowest BCUT2D eigenvalue weighted by molar-refractivity contribution is 0.0985. The minimum atomic E-state index is 0.590. The summed E-state index contributed by atoms with van der Waals surface area (Å²) in [5.41, 5.74) is 2.80. The third-order valence-electron chi connectivity index (χ3n) is 4.86. The van der Waals surface area contributed by atoms with Crippen LogP contribution in [-0.2, 0) is 13.2 Å². The van der Waals surface area contributed by atoms with Gasteiger partial charge in [0.1, 0.15) is 0 Å². The van der Waals surface area contributed by atoms with E-state index >= 15 is 0 Å². The quantitative estimate of drug-likeness (QED) is 0.529. The number of aromatic nitrogens is 2. The average Bonchev–Trinajstić information content (AvgIpc) is 3.01. The summed E-state index contributed by atoms with van der Waals surface area (Å²) in [5, 5.41) is 8.64. The van der Waals surface area contributed by atoms with Gasteiger partial charge >= 0.3 is 0 Å². The van der Waals surface area contributed by atoms with Crippen LogP contribution in [0, 0.1) is 3.95 Å². The Balaban J connectivity index is 1.48. The Bertz CT molecular complexity index is 785. The van der Waals surface area contributed by atoms with Gasteiger partial charge in [0.05, 0.1) is 6.67 Å². The van der Waals surface area contributed by atoms with Gasteiger partial charge in [0.2, 0.25) is 5.13 Å². The molecule has 2 heterocycles. The van der Waals surface area contributed by atoms with E-state index in [1.807, 2.05) is 10.8 Å². The first-order valence-electron chi connectivity index (χ1n) is 9.51. The zero-order valence-electron chi connectivity index (χ0n) is 16.2. The van der Waals surface area contributed by atoms with Crippen molar-refractivity contribution < 1.29 is 0 Å². The first kappa shape index (κ1) is 20.2. The van der Waals surface area contributed by atoms with Crippen molar-refractivity contribution >= 4 is 28.7 Å². The molecule has 1 saturated heterocycles. The van der Waals surface area contributed by atoms with Gasteiger partial charge in [-0.15, -0.1) is 11.7 Å². The third kappa shape index (κ3) is 5.72. The Hall–Kier alpha value is -1.54. The molecule has 0 bridgehead atoms. The highest BCUT2D eigenvalue weighted by Gasteiger charge is 2.18. The Labute approximate surface area is 171 Å². The molecule has 1 aromatic heterocycles. The lowest BCUT2D eigenvalue weighted by Crippen LogP contribution is -2.46. The van der Waals surface area contributed by atoms with Gasteiger partial charge in [-0.3, -0.25) is 9.80 Å². The van der Waals surface area contributed by atoms with Gasteiger partial charge in [0.15, 0.2) is 3.95 Å². The van der Waals surface area contributed by atoms with Crippen molar-refractivity contribution in [2.24, 2.45) is 0 Å². The zero-order valence-corrected chi connectivity index (χ0v) is 17.9. The van der Waals surface area contributed by atoms with Crippen molar-refractivity contribution in [1.29, 1.82) is 0 Å². The van der Waals surface area contributed by atoms with Gasteiger partial charge in [0, 0.05) is 39.3 Å². The SMILES string of the molecule is C=CCNc1nn(CN2CCN(Cc3ccc(C(C)C)cc3)CC2)c(=S)s1. The van der Waals surface area contributed by atoms with Crippen molar-refractivity contribution in [3.05, 3.63) is 52.0 Å². The van der Waals surface area contributed by atoms with Gasteiger partial charge in [-0.2, -0.15) is 0 Å². The number of nitrogens with one attached hydrogen (secondary N) is 1. The van der Waals surface area contributed by atoms with Gasteiger partial charge in [0.25, 0.3) is 0 Å². The maximum Gasteiger partial charge on any atom is 0.204 e. The highest BCUT2D eigenvalue weighted by Crippen LogP contribution is 2.17. The number of hydrogen-bond acceptors (Lipinski definition) is 6. The normalized spacial score (nSPS) is 16.0. The van der Waals surface area contributed by atoms with Gasteiger partial charge in [-0.1, -0.05) is 55.5 Å². The molecule has 3 rings (SSSR count). The highest BCUT2D eigenvalue weighted by atomic mass is 32.1. The van der Waals surface area contributed by atoms with Crippen molar-refractivity contribution in [2.75, 3.05) is 38.0 Å². The van der Waals surface area contributed by atoms with Crippen LogP contribution < -0.4 is 5.32 Å². The third-order valence-corrected chi connectivity index (χ3v) is 6.12. The fourth-order valence-corrected chi connectivity index (χ4v) is 4.17. The maximum absolute atomic E-state index is 5.45. The molecular formula is C20H29N5S2. The Kier molecular flexibility index (Phi) is 7.18. The van der Waals surface area contributed by atoms with E-state index in [0.29, 0.717) is 12.5 Å². The molecule has 1 fully saturated rings. The minimum Gasteiger partial charge on any atom is -0.357 e. The van der Waals surface area contributed by atoms with Crippen LogP contribution in [0.15, 0.2) is 36.9 Å². The molecule has 0 saturated carbocycles. The van der Waals surface area contributed by atoms with Crippen molar-refractivity contribution in [3.8, 4) is 0 Å². The Morgan fingerprint density at radius 3 is 2.48 bits per heavy atom. The van der Waals surface area contributed by atoms with Gasteiger partial charge in [-0.05, 0) is 29.3 Å². The van der Waals surface area contributed by atoms with E-state index < -0.39 is 0 Å². The smallest absolute Gasteiger partial charge is 0.204 e. The molecule has 1 aliphatic rings. The van der Waals surface area contributed by atoms with Crippen molar-refractivity contribution in [1.82, 2.24) is 19.6 Å². The molecule has 0 aliphatic carbocycles. The molecule has 5 nitrogen and oxygen atoms in total. The number of anilines is 1. The van der Waals surface area contributed by atoms with E-state index in [9.17, 15) is 0 Å². The first-order valence-corrected chi connectivity index (χ1v) is 10.7. The molecule has 2 aromatic rings. The molecule has 0 radical (unpaired) electrons. The van der Waals surface area contributed by atoms with Crippen LogP contribution in [0.4, 0.5) is 5.13 Å². The summed E-state index contributed by atoms with van der Waals surface area (Å²) >= 11 is 6.97. The fraction of sp³-hybridized carbons (Fsp3) is 0.500. The molecule has 1 aromatic carbocycles. The lowest BCUT2D eigenvalue weighted by Gasteiger charge is -2.34. The number of nitrogens with zero attached hydrogens (tertiary/aromatic N) is 4. The zero-order chi connectivity index (χ0) is 19.2. The second-order valence-electron chi connectivity index (χ2n) is 7.27. The molecule has 27 heavy (non-hydrogen) atoms. The molecule has 0 unspecified atom stereocenters. The summed E-state index contributed by atoms with van der Waals surface area (Å²) in [7, 11) is 0. The second-order valence-corrected chi connectivity index (χ2v) is 8.90. The first-order chi connectivity index (χ1) is 13.0. The standard InChI is InChI=1S/C20H29N5S2/c1-4-9-21-19-22-25(20(26)27-19)15-24-12-10-23(11-13-24)14-17-5-7-18(8-6-17)16(2)3/h4-8,16H,1,9-15H2,2-3H3,(H,21,22). The topological polar surface area (TPSA) is 36.3 Å². The fourth-order valence-electron chi connectivity index (χ4n) is 3.17. The van der Waals surface area contributed by atoms with E-state index in [0.717, 1.165) is 48.5 Å². The molecule has 1 aliphatic heterocycles. The number of benzene rings is 1. The summed E-state index contributed by atoms with van der Waals surface area (Å²) in [4.78, 5) is 4.95. The van der Waals surface area contributed by atoms with Crippen LogP contribution in [0.5, 0.6) is 0 Å². The van der Waals surface area contributed by atoms with Gasteiger partial charge in [-0.25, -0.2) is 4.68 Å². The molecule has 0 amide bonds. The predicted octanol–water partition coefficient (Wildman–Crippen LogP) is 4.17. The van der Waals surface area contributed by atoms with Crippen LogP contribution in [0.3, 0.4) is 0 Å². The van der Waals surface area contributed by atoms with Crippen LogP contribution >= 0.6 is 23.6 Å². The van der Waals surface area contributed by atoms with Crippen LogP contribution in [0.25, 0.3) is 0 Å². The number of piperazine rings is 1. The Morgan fingerprint density at radius 2 is 1.85 bits per heavy atom. The minimum absolute atomic E-state index is 0.590. The summed E-state index contributed by atoms with van der Waals surface area (Å²) < 4.78 is 2.74. The molecule has 7 heteroatoms. The molecular weight excluding hydrogens is 374 g/mol. The molecule has 146 valence electrons. The van der Waals surface area contributed by atoms with E-state index in [1.54, 1.807) is 0 Å². The van der Waals surface area contributed by atoms with E-state index in [4.69, 9.17) is 12.2 Å². The molecule has 1 N–H and O–H groups in total. The van der Waals surface area contributed by atoms with Crippen molar-refractivity contribution in [3.63, 3.8) is 0 Å². The summed E-state index contributed by atoms with van der Waals surface area (Å²) in [5.74, 6) is 0.590. The maximum atomic E-state index is 5.45. The Morgan fingerprint density at radius 1 is 1.19 bits per heavy atom. The number of rotatable bonds is 8. The highest BCUT2D eigenvalue weighted by molar-refractivity contribution is 7.73. The van der Waals surface area contributed by atoms with Crippen LogP contribution in [-0.4, -0.2) is 52.3 Å². The average molecular weight is 404 g/mol. The largest absolute Gasteiger partial charge is 0.357 e. The monoisotopic (exact) mass is 403 g/mol. The van der Waals surface area contributed by atoms with Crippen LogP contribution in [0.2, 0.25) is 0 Å². The van der Waals surface area contributed by atoms with E-state index in [2.05, 4.69) is 64.9 Å². The van der Waals surface area contributed by atoms with E-state index in [1.165, 1.54) is 22.5 Å². The van der Waals surface area contributed by atoms with Crippen LogP contribution in [0.1, 0.15) is 30.9 Å². The van der Waals surface area contributed by atoms with E-state index in [-0.39, 0.29) is 0 Å². The number of hydrogen-bond donors (Lipinski definition) is 1. The van der Waals surface area contributed by atoms with Crippen molar-refractivity contribution in [2.45, 2.75) is 33.0 Å². The predicted molar refractivity (Wildman–Crippen MR) is 117 cm³/mol. The molecule has 0 atom stereocenters. The summed E-state index contributed by atoms with van der Waals surface area (Å²) in [6.45, 7) is 14.9. The summed E-state index contributed by atoms with van der Waals surface area (Å²) in [6.07, 6.45) is 1.82. The summed E-state index contributed by atoms with van der Waals surface area (Å²) in [6, 6.07) is 9.07.